The van der Waals surface area contributed by atoms with E-state index in [1.807, 2.05) is 0 Å². The number of esters is 1. The number of H-pyrrole nitrogens is 1. The lowest BCUT2D eigenvalue weighted by Crippen LogP contribution is -2.15. The van der Waals surface area contributed by atoms with Gasteiger partial charge in [-0.3, -0.25) is 4.79 Å². The zero-order valence-electron chi connectivity index (χ0n) is 15.0. The highest BCUT2D eigenvalue weighted by atomic mass is 32.1. The molecule has 1 aliphatic rings. The molecule has 0 spiro atoms. The Balaban J connectivity index is 1.66. The smallest absolute Gasteiger partial charge is 0.341 e. The first kappa shape index (κ1) is 18.5. The van der Waals surface area contributed by atoms with Crippen LogP contribution in [0.15, 0.2) is 18.2 Å². The van der Waals surface area contributed by atoms with E-state index in [9.17, 15) is 18.4 Å². The lowest BCUT2D eigenvalue weighted by molar-refractivity contribution is 0.0601. The van der Waals surface area contributed by atoms with E-state index in [0.717, 1.165) is 36.1 Å². The van der Waals surface area contributed by atoms with Crippen LogP contribution >= 0.6 is 11.3 Å². The van der Waals surface area contributed by atoms with Crippen LogP contribution in [0.1, 0.15) is 56.2 Å². The maximum atomic E-state index is 12.8. The minimum atomic E-state index is -2.72. The Labute approximate surface area is 162 Å². The third-order valence-corrected chi connectivity index (χ3v) is 5.96. The molecule has 146 valence electrons. The summed E-state index contributed by atoms with van der Waals surface area (Å²) >= 11 is 1.39. The van der Waals surface area contributed by atoms with E-state index in [0.29, 0.717) is 21.6 Å². The Morgan fingerprint density at radius 1 is 1.29 bits per heavy atom. The topological polar surface area (TPSA) is 84.1 Å². The summed E-state index contributed by atoms with van der Waals surface area (Å²) in [6.07, 6.45) is 0.970. The molecule has 0 aliphatic heterocycles. The van der Waals surface area contributed by atoms with Crippen LogP contribution in [0.4, 0.5) is 13.8 Å². The molecule has 2 aromatic heterocycles. The Morgan fingerprint density at radius 2 is 2.07 bits per heavy atom. The van der Waals surface area contributed by atoms with Crippen molar-refractivity contribution in [2.24, 2.45) is 0 Å². The number of nitrogens with zero attached hydrogens (tertiary/aromatic N) is 1. The van der Waals surface area contributed by atoms with E-state index in [-0.39, 0.29) is 5.56 Å². The number of halogens is 2. The molecule has 4 rings (SSSR count). The van der Waals surface area contributed by atoms with E-state index in [4.69, 9.17) is 4.74 Å². The average Bonchev–Trinajstić information content (AvgIpc) is 3.27. The number of benzene rings is 1. The number of thiophene rings is 1. The summed E-state index contributed by atoms with van der Waals surface area (Å²) in [6, 6.07) is 4.49. The number of hydrogen-bond acceptors (Lipinski definition) is 5. The zero-order chi connectivity index (χ0) is 19.8. The van der Waals surface area contributed by atoms with Crippen LogP contribution < -0.4 is 5.32 Å². The van der Waals surface area contributed by atoms with Crippen molar-refractivity contribution in [1.29, 1.82) is 0 Å². The second kappa shape index (κ2) is 7.31. The van der Waals surface area contributed by atoms with Gasteiger partial charge in [0.25, 0.3) is 12.3 Å². The number of rotatable bonds is 4. The van der Waals surface area contributed by atoms with Gasteiger partial charge in [0, 0.05) is 10.4 Å². The minimum absolute atomic E-state index is 0.277. The second-order valence-corrected chi connectivity index (χ2v) is 7.62. The molecule has 2 heterocycles. The number of hydrogen-bond donors (Lipinski definition) is 2. The number of aromatic amines is 1. The summed E-state index contributed by atoms with van der Waals surface area (Å²) in [5.41, 5.74) is 2.34. The number of carbonyl (C=O) groups is 2. The molecule has 1 aromatic carbocycles. The Bertz CT molecular complexity index is 1070. The van der Waals surface area contributed by atoms with E-state index in [1.54, 1.807) is 0 Å². The van der Waals surface area contributed by atoms with Crippen LogP contribution in [0.25, 0.3) is 11.0 Å². The van der Waals surface area contributed by atoms with Gasteiger partial charge in [0.15, 0.2) is 5.82 Å². The predicted octanol–water partition coefficient (Wildman–Crippen LogP) is 4.48. The summed E-state index contributed by atoms with van der Waals surface area (Å²) < 4.78 is 30.5. The maximum Gasteiger partial charge on any atom is 0.341 e. The highest BCUT2D eigenvalue weighted by molar-refractivity contribution is 7.17. The van der Waals surface area contributed by atoms with Gasteiger partial charge in [0.2, 0.25) is 0 Å². The van der Waals surface area contributed by atoms with Crippen molar-refractivity contribution in [2.75, 3.05) is 12.4 Å². The minimum Gasteiger partial charge on any atom is -0.465 e. The van der Waals surface area contributed by atoms with Gasteiger partial charge in [-0.2, -0.15) is 0 Å². The van der Waals surface area contributed by atoms with Crippen LogP contribution in [0.3, 0.4) is 0 Å². The lowest BCUT2D eigenvalue weighted by atomic mass is 9.95. The molecule has 0 atom stereocenters. The van der Waals surface area contributed by atoms with Crippen molar-refractivity contribution in [3.8, 4) is 0 Å². The molecular weight excluding hydrogens is 388 g/mol. The Hall–Kier alpha value is -2.81. The van der Waals surface area contributed by atoms with Gasteiger partial charge in [-0.25, -0.2) is 18.6 Å². The number of methoxy groups -OCH3 is 1. The van der Waals surface area contributed by atoms with Crippen molar-refractivity contribution in [1.82, 2.24) is 9.97 Å². The molecule has 0 saturated carbocycles. The van der Waals surface area contributed by atoms with Crippen molar-refractivity contribution in [2.45, 2.75) is 32.1 Å². The molecular formula is C19H17F2N3O3S. The highest BCUT2D eigenvalue weighted by Gasteiger charge is 2.27. The number of carbonyl (C=O) groups excluding carboxylic acids is 2. The SMILES string of the molecule is COC(=O)c1c(NC(=O)c2ccc3nc(C(F)F)[nH]c3c2)sc2c1CCCC2. The number of fused-ring (bicyclic) bond motifs is 2. The molecule has 0 unspecified atom stereocenters. The zero-order valence-corrected chi connectivity index (χ0v) is 15.8. The average molecular weight is 405 g/mol. The Morgan fingerprint density at radius 3 is 2.82 bits per heavy atom. The van der Waals surface area contributed by atoms with Crippen molar-refractivity contribution in [3.05, 3.63) is 45.6 Å². The number of aromatic nitrogens is 2. The number of nitrogens with one attached hydrogen (secondary N) is 2. The first-order valence-corrected chi connectivity index (χ1v) is 9.61. The van der Waals surface area contributed by atoms with Crippen molar-refractivity contribution >= 4 is 39.2 Å². The molecule has 9 heteroatoms. The molecule has 2 N–H and O–H groups in total. The van der Waals surface area contributed by atoms with E-state index < -0.39 is 24.1 Å². The van der Waals surface area contributed by atoms with Gasteiger partial charge >= 0.3 is 5.97 Å². The fourth-order valence-corrected chi connectivity index (χ4v) is 4.69. The summed E-state index contributed by atoms with van der Waals surface area (Å²) in [6.45, 7) is 0. The van der Waals surface area contributed by atoms with Gasteiger partial charge in [-0.05, 0) is 49.4 Å². The first-order valence-electron chi connectivity index (χ1n) is 8.80. The van der Waals surface area contributed by atoms with Crippen molar-refractivity contribution < 1.29 is 23.1 Å². The number of alkyl halides is 2. The van der Waals surface area contributed by atoms with Gasteiger partial charge < -0.3 is 15.0 Å². The number of imidazole rings is 1. The summed E-state index contributed by atoms with van der Waals surface area (Å²) in [5, 5.41) is 3.25. The maximum absolute atomic E-state index is 12.8. The number of aryl methyl sites for hydroxylation is 1. The fourth-order valence-electron chi connectivity index (χ4n) is 3.42. The molecule has 0 radical (unpaired) electrons. The van der Waals surface area contributed by atoms with Crippen LogP contribution in [-0.4, -0.2) is 29.0 Å². The monoisotopic (exact) mass is 405 g/mol. The third-order valence-electron chi connectivity index (χ3n) is 4.76. The second-order valence-electron chi connectivity index (χ2n) is 6.52. The summed E-state index contributed by atoms with van der Waals surface area (Å²) in [7, 11) is 1.31. The molecule has 0 fully saturated rings. The highest BCUT2D eigenvalue weighted by Crippen LogP contribution is 2.38. The normalized spacial score (nSPS) is 13.6. The van der Waals surface area contributed by atoms with Gasteiger partial charge in [-0.15, -0.1) is 11.3 Å². The van der Waals surface area contributed by atoms with Gasteiger partial charge in [-0.1, -0.05) is 0 Å². The first-order chi connectivity index (χ1) is 13.5. The Kier molecular flexibility index (Phi) is 4.84. The van der Waals surface area contributed by atoms with Crippen molar-refractivity contribution in [3.63, 3.8) is 0 Å². The number of ether oxygens (including phenoxy) is 1. The summed E-state index contributed by atoms with van der Waals surface area (Å²) in [4.78, 5) is 32.4. The standard InChI is InChI=1S/C19H17F2N3O3S/c1-27-19(26)14-10-4-2-3-5-13(10)28-18(14)24-17(25)9-6-7-11-12(8-9)23-16(22-11)15(20)21/h6-8,15H,2-5H2,1H3,(H,22,23)(H,24,25). The van der Waals surface area contributed by atoms with E-state index in [2.05, 4.69) is 15.3 Å². The number of amides is 1. The lowest BCUT2D eigenvalue weighted by Gasteiger charge is -2.11. The number of anilines is 1. The molecule has 3 aromatic rings. The predicted molar refractivity (Wildman–Crippen MR) is 101 cm³/mol. The summed E-state index contributed by atoms with van der Waals surface area (Å²) in [5.74, 6) is -1.34. The quantitative estimate of drug-likeness (QED) is 0.627. The van der Waals surface area contributed by atoms with E-state index >= 15 is 0 Å². The molecule has 0 bridgehead atoms. The molecule has 6 nitrogen and oxygen atoms in total. The van der Waals surface area contributed by atoms with Crippen LogP contribution in [-0.2, 0) is 17.6 Å². The van der Waals surface area contributed by atoms with Gasteiger partial charge in [0.05, 0.1) is 23.7 Å². The molecule has 1 amide bonds. The molecule has 0 saturated heterocycles. The largest absolute Gasteiger partial charge is 0.465 e. The third kappa shape index (κ3) is 3.26. The van der Waals surface area contributed by atoms with Crippen LogP contribution in [0.2, 0.25) is 0 Å². The van der Waals surface area contributed by atoms with E-state index in [1.165, 1.54) is 36.6 Å². The molecule has 28 heavy (non-hydrogen) atoms. The van der Waals surface area contributed by atoms with Gasteiger partial charge in [0.1, 0.15) is 5.00 Å². The molecule has 1 aliphatic carbocycles. The van der Waals surface area contributed by atoms with Crippen LogP contribution in [0.5, 0.6) is 0 Å². The van der Waals surface area contributed by atoms with Crippen LogP contribution in [0, 0.1) is 0 Å². The fraction of sp³-hybridized carbons (Fsp3) is 0.316.